The summed E-state index contributed by atoms with van der Waals surface area (Å²) in [6.45, 7) is 5.09. The van der Waals surface area contributed by atoms with Crippen LogP contribution in [0, 0.1) is 17.0 Å². The van der Waals surface area contributed by atoms with Crippen molar-refractivity contribution in [2.75, 3.05) is 6.61 Å². The molecule has 1 rings (SSSR count). The fourth-order valence-electron chi connectivity index (χ4n) is 1.42. The van der Waals surface area contributed by atoms with E-state index in [2.05, 4.69) is 0 Å². The Morgan fingerprint density at radius 3 is 2.72 bits per heavy atom. The van der Waals surface area contributed by atoms with Crippen LogP contribution >= 0.6 is 0 Å². The van der Waals surface area contributed by atoms with Crippen molar-refractivity contribution < 1.29 is 19.2 Å². The van der Waals surface area contributed by atoms with Crippen molar-refractivity contribution in [3.05, 3.63) is 33.9 Å². The number of nitro benzene ring substituents is 1. The highest BCUT2D eigenvalue weighted by atomic mass is 16.6. The molecule has 18 heavy (non-hydrogen) atoms. The number of hydrogen-bond donors (Lipinski definition) is 0. The first kappa shape index (κ1) is 14.0. The van der Waals surface area contributed by atoms with Crippen molar-refractivity contribution >= 4 is 11.7 Å². The van der Waals surface area contributed by atoms with E-state index in [1.54, 1.807) is 26.0 Å². The van der Waals surface area contributed by atoms with Crippen molar-refractivity contribution in [3.63, 3.8) is 0 Å². The smallest absolute Gasteiger partial charge is 0.347 e. The Balaban J connectivity index is 2.96. The largest absolute Gasteiger partial charge is 0.472 e. The van der Waals surface area contributed by atoms with Crippen LogP contribution < -0.4 is 4.74 Å². The fourth-order valence-corrected chi connectivity index (χ4v) is 1.42. The zero-order valence-electron chi connectivity index (χ0n) is 10.5. The normalized spacial score (nSPS) is 11.7. The molecular formula is C12H15NO5. The van der Waals surface area contributed by atoms with Crippen molar-refractivity contribution in [2.45, 2.75) is 26.9 Å². The lowest BCUT2D eigenvalue weighted by molar-refractivity contribution is -0.386. The molecule has 0 aromatic heterocycles. The summed E-state index contributed by atoms with van der Waals surface area (Å²) in [5.74, 6) is -0.446. The van der Waals surface area contributed by atoms with Crippen molar-refractivity contribution in [2.24, 2.45) is 0 Å². The number of nitro groups is 1. The molecule has 1 aromatic carbocycles. The molecule has 6 heteroatoms. The maximum Gasteiger partial charge on any atom is 0.347 e. The molecule has 0 aliphatic carbocycles. The highest BCUT2D eigenvalue weighted by molar-refractivity contribution is 5.75. The van der Waals surface area contributed by atoms with Gasteiger partial charge in [0.2, 0.25) is 5.75 Å². The second-order valence-electron chi connectivity index (χ2n) is 3.69. The molecule has 1 unspecified atom stereocenters. The van der Waals surface area contributed by atoms with Gasteiger partial charge in [0.15, 0.2) is 6.10 Å². The summed E-state index contributed by atoms with van der Waals surface area (Å²) < 4.78 is 10.1. The molecule has 6 nitrogen and oxygen atoms in total. The van der Waals surface area contributed by atoms with E-state index < -0.39 is 17.0 Å². The SMILES string of the molecule is CCOC(=O)C(C)Oc1c(C)cccc1[N+](=O)[O-]. The molecule has 1 aromatic rings. The number of ether oxygens (including phenoxy) is 2. The summed E-state index contributed by atoms with van der Waals surface area (Å²) in [7, 11) is 0. The number of carbonyl (C=O) groups excluding carboxylic acids is 1. The number of nitrogens with zero attached hydrogens (tertiary/aromatic N) is 1. The van der Waals surface area contributed by atoms with Crippen LogP contribution in [0.3, 0.4) is 0 Å². The first-order valence-corrected chi connectivity index (χ1v) is 5.54. The third-order valence-electron chi connectivity index (χ3n) is 2.30. The van der Waals surface area contributed by atoms with Gasteiger partial charge in [-0.3, -0.25) is 10.1 Å². The van der Waals surface area contributed by atoms with Gasteiger partial charge in [-0.2, -0.15) is 0 Å². The highest BCUT2D eigenvalue weighted by Gasteiger charge is 2.23. The number of esters is 1. The Hall–Kier alpha value is -2.11. The van der Waals surface area contributed by atoms with Crippen molar-refractivity contribution in [1.29, 1.82) is 0 Å². The molecule has 0 fully saturated rings. The van der Waals surface area contributed by atoms with E-state index in [0.29, 0.717) is 5.56 Å². The third kappa shape index (κ3) is 3.19. The molecule has 0 aliphatic rings. The second-order valence-corrected chi connectivity index (χ2v) is 3.69. The summed E-state index contributed by atoms with van der Waals surface area (Å²) >= 11 is 0. The zero-order valence-corrected chi connectivity index (χ0v) is 10.5. The number of para-hydroxylation sites is 1. The van der Waals surface area contributed by atoms with Gasteiger partial charge in [-0.05, 0) is 26.3 Å². The molecule has 0 aliphatic heterocycles. The molecule has 0 heterocycles. The lowest BCUT2D eigenvalue weighted by Gasteiger charge is -2.14. The van der Waals surface area contributed by atoms with Crippen LogP contribution in [0.5, 0.6) is 5.75 Å². The second kappa shape index (κ2) is 6.00. The van der Waals surface area contributed by atoms with Crippen LogP contribution in [0.4, 0.5) is 5.69 Å². The molecular weight excluding hydrogens is 238 g/mol. The summed E-state index contributed by atoms with van der Waals surface area (Å²) in [4.78, 5) is 21.7. The Kier molecular flexibility index (Phi) is 4.65. The lowest BCUT2D eigenvalue weighted by atomic mass is 10.2. The number of benzene rings is 1. The maximum atomic E-state index is 11.4. The van der Waals surface area contributed by atoms with Gasteiger partial charge in [-0.15, -0.1) is 0 Å². The highest BCUT2D eigenvalue weighted by Crippen LogP contribution is 2.31. The molecule has 0 spiro atoms. The first-order chi connectivity index (χ1) is 8.47. The quantitative estimate of drug-likeness (QED) is 0.456. The Labute approximate surface area is 105 Å². The minimum absolute atomic E-state index is 0.100. The maximum absolute atomic E-state index is 11.4. The molecule has 0 saturated heterocycles. The average Bonchev–Trinajstić information content (AvgIpc) is 2.31. The fraction of sp³-hybridized carbons (Fsp3) is 0.417. The van der Waals surface area contributed by atoms with Crippen LogP contribution in [0.15, 0.2) is 18.2 Å². The van der Waals surface area contributed by atoms with Gasteiger partial charge in [0, 0.05) is 6.07 Å². The Morgan fingerprint density at radius 1 is 1.50 bits per heavy atom. The van der Waals surface area contributed by atoms with E-state index in [9.17, 15) is 14.9 Å². The number of hydrogen-bond acceptors (Lipinski definition) is 5. The van der Waals surface area contributed by atoms with Gasteiger partial charge in [-0.1, -0.05) is 12.1 Å². The number of rotatable bonds is 5. The molecule has 0 saturated carbocycles. The molecule has 0 N–H and O–H groups in total. The number of aryl methyl sites for hydroxylation is 1. The number of carbonyl (C=O) groups is 1. The van der Waals surface area contributed by atoms with Gasteiger partial charge in [0.25, 0.3) is 0 Å². The zero-order chi connectivity index (χ0) is 13.7. The van der Waals surface area contributed by atoms with E-state index in [1.807, 2.05) is 0 Å². The first-order valence-electron chi connectivity index (χ1n) is 5.54. The predicted octanol–water partition coefficient (Wildman–Crippen LogP) is 2.23. The Morgan fingerprint density at radius 2 is 2.17 bits per heavy atom. The summed E-state index contributed by atoms with van der Waals surface area (Å²) in [6, 6.07) is 4.58. The average molecular weight is 253 g/mol. The van der Waals surface area contributed by atoms with Gasteiger partial charge < -0.3 is 9.47 Å². The third-order valence-corrected chi connectivity index (χ3v) is 2.30. The summed E-state index contributed by atoms with van der Waals surface area (Å²) in [6.07, 6.45) is -0.884. The summed E-state index contributed by atoms with van der Waals surface area (Å²) in [5.41, 5.74) is 0.437. The molecule has 1 atom stereocenters. The van der Waals surface area contributed by atoms with Crippen molar-refractivity contribution in [3.8, 4) is 5.75 Å². The van der Waals surface area contributed by atoms with Gasteiger partial charge in [0.05, 0.1) is 11.5 Å². The minimum Gasteiger partial charge on any atom is -0.472 e. The van der Waals surface area contributed by atoms with Crippen LogP contribution in [-0.4, -0.2) is 23.6 Å². The predicted molar refractivity (Wildman–Crippen MR) is 64.6 cm³/mol. The van der Waals surface area contributed by atoms with Crippen LogP contribution in [0.2, 0.25) is 0 Å². The standard InChI is InChI=1S/C12H15NO5/c1-4-17-12(14)9(3)18-11-8(2)6-5-7-10(11)13(15)16/h5-7,9H,4H2,1-3H3. The molecule has 0 radical (unpaired) electrons. The topological polar surface area (TPSA) is 78.7 Å². The van der Waals surface area contributed by atoms with E-state index in [-0.39, 0.29) is 18.0 Å². The van der Waals surface area contributed by atoms with Gasteiger partial charge in [-0.25, -0.2) is 4.79 Å². The van der Waals surface area contributed by atoms with E-state index in [4.69, 9.17) is 9.47 Å². The van der Waals surface area contributed by atoms with Gasteiger partial charge in [0.1, 0.15) is 0 Å². The van der Waals surface area contributed by atoms with Crippen molar-refractivity contribution in [1.82, 2.24) is 0 Å². The van der Waals surface area contributed by atoms with E-state index >= 15 is 0 Å². The van der Waals surface area contributed by atoms with Crippen LogP contribution in [0.25, 0.3) is 0 Å². The molecule has 0 bridgehead atoms. The van der Waals surface area contributed by atoms with Crippen LogP contribution in [0.1, 0.15) is 19.4 Å². The molecule has 98 valence electrons. The Bertz CT molecular complexity index is 458. The molecule has 0 amide bonds. The van der Waals surface area contributed by atoms with Crippen LogP contribution in [-0.2, 0) is 9.53 Å². The monoisotopic (exact) mass is 253 g/mol. The van der Waals surface area contributed by atoms with E-state index in [1.165, 1.54) is 13.0 Å². The van der Waals surface area contributed by atoms with E-state index in [0.717, 1.165) is 0 Å². The van der Waals surface area contributed by atoms with Gasteiger partial charge >= 0.3 is 11.7 Å². The lowest BCUT2D eigenvalue weighted by Crippen LogP contribution is -2.26. The minimum atomic E-state index is -0.884. The summed E-state index contributed by atoms with van der Waals surface area (Å²) in [5, 5.41) is 10.9.